The van der Waals surface area contributed by atoms with Crippen LogP contribution in [0.5, 0.6) is 0 Å². The molecule has 0 aliphatic heterocycles. The van der Waals surface area contributed by atoms with E-state index < -0.39 is 5.97 Å². The Morgan fingerprint density at radius 2 is 2.31 bits per heavy atom. The third-order valence-corrected chi connectivity index (χ3v) is 1.86. The number of hydrogen-bond donors (Lipinski definition) is 1. The van der Waals surface area contributed by atoms with Crippen molar-refractivity contribution in [2.45, 2.75) is 20.0 Å². The first-order valence-corrected chi connectivity index (χ1v) is 5.13. The summed E-state index contributed by atoms with van der Waals surface area (Å²) in [6.07, 6.45) is 1.14. The second-order valence-corrected chi connectivity index (χ2v) is 3.35. The number of carbonyl (C=O) groups excluding carboxylic acids is 1. The molecule has 1 atom stereocenters. The van der Waals surface area contributed by atoms with E-state index in [1.54, 1.807) is 13.0 Å². The zero-order chi connectivity index (χ0) is 12.0. The lowest BCUT2D eigenvalue weighted by atomic mass is 10.3. The van der Waals surface area contributed by atoms with Crippen LogP contribution in [0.1, 0.15) is 24.3 Å². The molecule has 0 radical (unpaired) electrons. The highest BCUT2D eigenvalue weighted by atomic mass is 16.6. The lowest BCUT2D eigenvalue weighted by molar-refractivity contribution is 0.00388. The Kier molecular flexibility index (Phi) is 4.72. The van der Waals surface area contributed by atoms with Gasteiger partial charge in [0.05, 0.1) is 18.5 Å². The predicted molar refractivity (Wildman–Crippen MR) is 60.0 cm³/mol. The van der Waals surface area contributed by atoms with E-state index in [1.807, 2.05) is 6.92 Å². The summed E-state index contributed by atoms with van der Waals surface area (Å²) in [5.41, 5.74) is 6.22. The molecule has 16 heavy (non-hydrogen) atoms. The number of aromatic nitrogens is 1. The Hall–Kier alpha value is -1.62. The van der Waals surface area contributed by atoms with Crippen LogP contribution >= 0.6 is 0 Å². The highest BCUT2D eigenvalue weighted by Crippen LogP contribution is 2.04. The van der Waals surface area contributed by atoms with E-state index in [1.165, 1.54) is 12.3 Å². The fourth-order valence-electron chi connectivity index (χ4n) is 1.09. The molecular formula is C11H16N2O3. The van der Waals surface area contributed by atoms with Crippen LogP contribution in [-0.2, 0) is 9.47 Å². The summed E-state index contributed by atoms with van der Waals surface area (Å²) in [5.74, 6) is -0.466. The quantitative estimate of drug-likeness (QED) is 0.762. The van der Waals surface area contributed by atoms with Crippen molar-refractivity contribution in [2.75, 3.05) is 18.9 Å². The highest BCUT2D eigenvalue weighted by molar-refractivity contribution is 5.87. The number of pyridine rings is 1. The molecular weight excluding hydrogens is 208 g/mol. The van der Waals surface area contributed by atoms with Gasteiger partial charge < -0.3 is 15.2 Å². The zero-order valence-electron chi connectivity index (χ0n) is 9.47. The van der Waals surface area contributed by atoms with E-state index >= 15 is 0 Å². The molecule has 1 aromatic heterocycles. The number of rotatable bonds is 5. The number of nitrogens with two attached hydrogens (primary N) is 1. The molecule has 0 aliphatic rings. The van der Waals surface area contributed by atoms with Crippen LogP contribution < -0.4 is 5.73 Å². The number of hydrogen-bond acceptors (Lipinski definition) is 5. The van der Waals surface area contributed by atoms with Gasteiger partial charge in [0.15, 0.2) is 0 Å². The van der Waals surface area contributed by atoms with Crippen molar-refractivity contribution in [3.63, 3.8) is 0 Å². The molecule has 0 saturated carbocycles. The van der Waals surface area contributed by atoms with Gasteiger partial charge in [0.2, 0.25) is 0 Å². The van der Waals surface area contributed by atoms with Crippen LogP contribution in [0, 0.1) is 0 Å². The van der Waals surface area contributed by atoms with Crippen molar-refractivity contribution in [1.29, 1.82) is 0 Å². The summed E-state index contributed by atoms with van der Waals surface area (Å²) >= 11 is 0. The molecule has 88 valence electrons. The molecule has 0 saturated heterocycles. The molecule has 0 amide bonds. The Morgan fingerprint density at radius 3 is 2.88 bits per heavy atom. The van der Waals surface area contributed by atoms with Crippen molar-refractivity contribution in [3.05, 3.63) is 24.0 Å². The molecule has 1 heterocycles. The molecule has 0 aromatic carbocycles. The number of ether oxygens (including phenoxy) is 2. The first-order chi connectivity index (χ1) is 7.63. The fourth-order valence-corrected chi connectivity index (χ4v) is 1.09. The second-order valence-electron chi connectivity index (χ2n) is 3.35. The van der Waals surface area contributed by atoms with Crippen molar-refractivity contribution < 1.29 is 14.3 Å². The molecule has 2 N–H and O–H groups in total. The second kappa shape index (κ2) is 6.07. The minimum Gasteiger partial charge on any atom is -0.455 e. The van der Waals surface area contributed by atoms with Gasteiger partial charge in [-0.3, -0.25) is 0 Å². The third kappa shape index (κ3) is 3.86. The molecule has 1 rings (SSSR count). The molecule has 0 bridgehead atoms. The standard InChI is InChI=1S/C11H16N2O3/c1-3-15-7-8(2)16-11(14)10-5-4-9(12)6-13-10/h4-6,8H,3,7,12H2,1-2H3. The maximum Gasteiger partial charge on any atom is 0.357 e. The molecule has 5 nitrogen and oxygen atoms in total. The first-order valence-electron chi connectivity index (χ1n) is 5.13. The van der Waals surface area contributed by atoms with Crippen molar-refractivity contribution in [3.8, 4) is 0 Å². The number of anilines is 1. The summed E-state index contributed by atoms with van der Waals surface area (Å²) in [6, 6.07) is 3.14. The van der Waals surface area contributed by atoms with Gasteiger partial charge >= 0.3 is 5.97 Å². The Morgan fingerprint density at radius 1 is 1.56 bits per heavy atom. The lowest BCUT2D eigenvalue weighted by Crippen LogP contribution is -2.21. The Balaban J connectivity index is 2.48. The Labute approximate surface area is 94.6 Å². The molecule has 1 unspecified atom stereocenters. The lowest BCUT2D eigenvalue weighted by Gasteiger charge is -2.12. The number of carbonyl (C=O) groups is 1. The summed E-state index contributed by atoms with van der Waals surface area (Å²) in [7, 11) is 0. The van der Waals surface area contributed by atoms with Crippen molar-refractivity contribution in [2.24, 2.45) is 0 Å². The smallest absolute Gasteiger partial charge is 0.357 e. The summed E-state index contributed by atoms with van der Waals surface area (Å²) in [5, 5.41) is 0. The van der Waals surface area contributed by atoms with Crippen LogP contribution in [-0.4, -0.2) is 30.3 Å². The average Bonchev–Trinajstić information content (AvgIpc) is 2.27. The van der Waals surface area contributed by atoms with E-state index in [9.17, 15) is 4.79 Å². The van der Waals surface area contributed by atoms with E-state index in [0.717, 1.165) is 0 Å². The van der Waals surface area contributed by atoms with Crippen LogP contribution in [0.25, 0.3) is 0 Å². The highest BCUT2D eigenvalue weighted by Gasteiger charge is 2.12. The van der Waals surface area contributed by atoms with E-state index in [2.05, 4.69) is 4.98 Å². The number of nitrogen functional groups attached to an aromatic ring is 1. The van der Waals surface area contributed by atoms with Gasteiger partial charge in [-0.25, -0.2) is 9.78 Å². The maximum absolute atomic E-state index is 11.5. The first kappa shape index (κ1) is 12.4. The van der Waals surface area contributed by atoms with Gasteiger partial charge in [-0.05, 0) is 26.0 Å². The van der Waals surface area contributed by atoms with E-state index in [0.29, 0.717) is 18.9 Å². The largest absolute Gasteiger partial charge is 0.455 e. The zero-order valence-corrected chi connectivity index (χ0v) is 9.47. The molecule has 0 spiro atoms. The van der Waals surface area contributed by atoms with E-state index in [-0.39, 0.29) is 11.8 Å². The topological polar surface area (TPSA) is 74.4 Å². The average molecular weight is 224 g/mol. The van der Waals surface area contributed by atoms with Gasteiger partial charge in [0.25, 0.3) is 0 Å². The third-order valence-electron chi connectivity index (χ3n) is 1.86. The van der Waals surface area contributed by atoms with Crippen LogP contribution in [0.2, 0.25) is 0 Å². The molecule has 0 fully saturated rings. The predicted octanol–water partition coefficient (Wildman–Crippen LogP) is 1.25. The van der Waals surface area contributed by atoms with Gasteiger partial charge in [-0.2, -0.15) is 0 Å². The Bertz CT molecular complexity index is 338. The van der Waals surface area contributed by atoms with Crippen LogP contribution in [0.4, 0.5) is 5.69 Å². The van der Waals surface area contributed by atoms with Crippen molar-refractivity contribution >= 4 is 11.7 Å². The fraction of sp³-hybridized carbons (Fsp3) is 0.455. The van der Waals surface area contributed by atoms with Gasteiger partial charge in [-0.15, -0.1) is 0 Å². The van der Waals surface area contributed by atoms with Crippen LogP contribution in [0.15, 0.2) is 18.3 Å². The van der Waals surface area contributed by atoms with Crippen molar-refractivity contribution in [1.82, 2.24) is 4.98 Å². The monoisotopic (exact) mass is 224 g/mol. The molecule has 5 heteroatoms. The van der Waals surface area contributed by atoms with Gasteiger partial charge in [0.1, 0.15) is 11.8 Å². The van der Waals surface area contributed by atoms with Crippen LogP contribution in [0.3, 0.4) is 0 Å². The molecule has 0 aliphatic carbocycles. The molecule has 1 aromatic rings. The summed E-state index contributed by atoms with van der Waals surface area (Å²) < 4.78 is 10.2. The minimum absolute atomic E-state index is 0.248. The van der Waals surface area contributed by atoms with E-state index in [4.69, 9.17) is 15.2 Å². The normalized spacial score (nSPS) is 12.1. The minimum atomic E-state index is -0.466. The van der Waals surface area contributed by atoms with Gasteiger partial charge in [0, 0.05) is 6.61 Å². The maximum atomic E-state index is 11.5. The SMILES string of the molecule is CCOCC(C)OC(=O)c1ccc(N)cn1. The van der Waals surface area contributed by atoms with Gasteiger partial charge in [-0.1, -0.05) is 0 Å². The summed E-state index contributed by atoms with van der Waals surface area (Å²) in [6.45, 7) is 4.64. The number of esters is 1. The number of nitrogens with zero attached hydrogens (tertiary/aromatic N) is 1. The summed E-state index contributed by atoms with van der Waals surface area (Å²) in [4.78, 5) is 15.4.